The monoisotopic (exact) mass is 363 g/mol. The van der Waals surface area contributed by atoms with Gasteiger partial charge in [0.05, 0.1) is 5.75 Å². The van der Waals surface area contributed by atoms with Crippen molar-refractivity contribution in [3.63, 3.8) is 0 Å². The Kier molecular flexibility index (Phi) is 9.91. The smallest absolute Gasteiger partial charge is 0.230 e. The highest BCUT2D eigenvalue weighted by Crippen LogP contribution is 2.15. The molecular weight excluding hydrogens is 341 g/mol. The summed E-state index contributed by atoms with van der Waals surface area (Å²) < 4.78 is 0. The molecule has 1 amide bonds. The number of halogens is 2. The van der Waals surface area contributed by atoms with Crippen LogP contribution in [0.25, 0.3) is 0 Å². The summed E-state index contributed by atoms with van der Waals surface area (Å²) in [5.41, 5.74) is 1.19. The van der Waals surface area contributed by atoms with E-state index < -0.39 is 0 Å². The van der Waals surface area contributed by atoms with Crippen molar-refractivity contribution in [2.24, 2.45) is 0 Å². The van der Waals surface area contributed by atoms with Gasteiger partial charge in [-0.15, -0.1) is 24.2 Å². The predicted octanol–water partition coefficient (Wildman–Crippen LogP) is 2.02. The molecule has 0 aromatic heterocycles. The van der Waals surface area contributed by atoms with Gasteiger partial charge in [-0.1, -0.05) is 23.7 Å². The molecule has 0 unspecified atom stereocenters. The number of hydrogen-bond acceptors (Lipinski definition) is 4. The van der Waals surface area contributed by atoms with Crippen molar-refractivity contribution in [1.29, 1.82) is 0 Å². The second kappa shape index (κ2) is 11.1. The van der Waals surface area contributed by atoms with E-state index in [4.69, 9.17) is 11.6 Å². The lowest BCUT2D eigenvalue weighted by atomic mass is 10.2. The number of thioether (sulfide) groups is 1. The van der Waals surface area contributed by atoms with Crippen LogP contribution in [0.15, 0.2) is 24.3 Å². The summed E-state index contributed by atoms with van der Waals surface area (Å²) in [5, 5.41) is 7.05. The molecule has 1 fully saturated rings. The number of benzene rings is 1. The highest BCUT2D eigenvalue weighted by atomic mass is 35.5. The molecule has 22 heavy (non-hydrogen) atoms. The second-order valence-electron chi connectivity index (χ2n) is 5.06. The summed E-state index contributed by atoms with van der Waals surface area (Å²) >= 11 is 7.47. The second-order valence-corrected chi connectivity index (χ2v) is 6.48. The molecule has 2 N–H and O–H groups in total. The Hall–Kier alpha value is -0.460. The molecule has 7 heteroatoms. The van der Waals surface area contributed by atoms with Crippen LogP contribution in [0.2, 0.25) is 5.02 Å². The summed E-state index contributed by atoms with van der Waals surface area (Å²) in [7, 11) is 0. The number of carbonyl (C=O) groups is 1. The quantitative estimate of drug-likeness (QED) is 0.777. The lowest BCUT2D eigenvalue weighted by molar-refractivity contribution is -0.118. The molecule has 1 aliphatic rings. The molecule has 1 aliphatic heterocycles. The molecular formula is C15H23Cl2N3OS. The first-order chi connectivity index (χ1) is 10.2. The van der Waals surface area contributed by atoms with E-state index in [1.54, 1.807) is 11.8 Å². The number of carbonyl (C=O) groups excluding carboxylic acids is 1. The molecule has 0 atom stereocenters. The van der Waals surface area contributed by atoms with E-state index in [0.717, 1.165) is 50.0 Å². The highest BCUT2D eigenvalue weighted by molar-refractivity contribution is 7.99. The minimum absolute atomic E-state index is 0. The van der Waals surface area contributed by atoms with Gasteiger partial charge in [0.1, 0.15) is 0 Å². The number of piperazine rings is 1. The number of hydrogen-bond donors (Lipinski definition) is 2. The van der Waals surface area contributed by atoms with Crippen molar-refractivity contribution in [3.05, 3.63) is 34.9 Å². The largest absolute Gasteiger partial charge is 0.354 e. The van der Waals surface area contributed by atoms with E-state index in [1.165, 1.54) is 5.56 Å². The minimum Gasteiger partial charge on any atom is -0.354 e. The van der Waals surface area contributed by atoms with E-state index in [-0.39, 0.29) is 18.3 Å². The van der Waals surface area contributed by atoms with Crippen LogP contribution in [0.5, 0.6) is 0 Å². The van der Waals surface area contributed by atoms with Gasteiger partial charge in [-0.05, 0) is 17.7 Å². The Morgan fingerprint density at radius 2 is 1.95 bits per heavy atom. The van der Waals surface area contributed by atoms with Crippen molar-refractivity contribution in [1.82, 2.24) is 15.5 Å². The van der Waals surface area contributed by atoms with Gasteiger partial charge in [-0.3, -0.25) is 9.69 Å². The first kappa shape index (κ1) is 19.6. The van der Waals surface area contributed by atoms with Crippen molar-refractivity contribution >= 4 is 41.7 Å². The fourth-order valence-corrected chi connectivity index (χ4v) is 3.13. The predicted molar refractivity (Wildman–Crippen MR) is 97.2 cm³/mol. The number of nitrogens with one attached hydrogen (secondary N) is 2. The molecule has 124 valence electrons. The molecule has 1 heterocycles. The molecule has 0 radical (unpaired) electrons. The van der Waals surface area contributed by atoms with Crippen LogP contribution in [-0.4, -0.2) is 55.8 Å². The van der Waals surface area contributed by atoms with Crippen LogP contribution < -0.4 is 10.6 Å². The Balaban J connectivity index is 0.00000242. The van der Waals surface area contributed by atoms with Crippen LogP contribution in [0, 0.1) is 0 Å². The van der Waals surface area contributed by atoms with Crippen molar-refractivity contribution in [3.8, 4) is 0 Å². The standard InChI is InChI=1S/C15H22ClN3OS.ClH/c16-14-3-1-13(2-4-14)11-21-12-15(20)18-7-10-19-8-5-17-6-9-19;/h1-4,17H,5-12H2,(H,18,20);1H. The third kappa shape index (κ3) is 7.70. The molecule has 2 rings (SSSR count). The maximum absolute atomic E-state index is 11.7. The molecule has 1 aromatic carbocycles. The van der Waals surface area contributed by atoms with E-state index in [0.29, 0.717) is 5.75 Å². The molecule has 0 aliphatic carbocycles. The molecule has 0 bridgehead atoms. The van der Waals surface area contributed by atoms with E-state index >= 15 is 0 Å². The van der Waals surface area contributed by atoms with Crippen LogP contribution >= 0.6 is 35.8 Å². The zero-order valence-electron chi connectivity index (χ0n) is 12.5. The maximum atomic E-state index is 11.7. The SMILES string of the molecule is Cl.O=C(CSCc1ccc(Cl)cc1)NCCN1CCNCC1. The van der Waals surface area contributed by atoms with Gasteiger partial charge in [0.25, 0.3) is 0 Å². The van der Waals surface area contributed by atoms with Gasteiger partial charge in [-0.2, -0.15) is 0 Å². The highest BCUT2D eigenvalue weighted by Gasteiger charge is 2.09. The van der Waals surface area contributed by atoms with Gasteiger partial charge in [0, 0.05) is 50.0 Å². The van der Waals surface area contributed by atoms with Gasteiger partial charge in [0.15, 0.2) is 0 Å². The average molecular weight is 364 g/mol. The first-order valence-electron chi connectivity index (χ1n) is 7.26. The normalized spacial score (nSPS) is 15.1. The Morgan fingerprint density at radius 3 is 2.64 bits per heavy atom. The van der Waals surface area contributed by atoms with Crippen molar-refractivity contribution < 1.29 is 4.79 Å². The lowest BCUT2D eigenvalue weighted by Crippen LogP contribution is -2.46. The Morgan fingerprint density at radius 1 is 1.27 bits per heavy atom. The summed E-state index contributed by atoms with van der Waals surface area (Å²) in [6.45, 7) is 5.91. The maximum Gasteiger partial charge on any atom is 0.230 e. The number of amides is 1. The lowest BCUT2D eigenvalue weighted by Gasteiger charge is -2.27. The van der Waals surface area contributed by atoms with Crippen LogP contribution in [0.3, 0.4) is 0 Å². The van der Waals surface area contributed by atoms with Crippen LogP contribution in [0.1, 0.15) is 5.56 Å². The van der Waals surface area contributed by atoms with Crippen LogP contribution in [0.4, 0.5) is 0 Å². The zero-order valence-corrected chi connectivity index (χ0v) is 14.9. The molecule has 1 saturated heterocycles. The van der Waals surface area contributed by atoms with Gasteiger partial charge in [0.2, 0.25) is 5.91 Å². The molecule has 4 nitrogen and oxygen atoms in total. The van der Waals surface area contributed by atoms with Gasteiger partial charge >= 0.3 is 0 Å². The Bertz CT molecular complexity index is 439. The fraction of sp³-hybridized carbons (Fsp3) is 0.533. The van der Waals surface area contributed by atoms with E-state index in [2.05, 4.69) is 15.5 Å². The molecule has 0 saturated carbocycles. The van der Waals surface area contributed by atoms with Crippen molar-refractivity contribution in [2.45, 2.75) is 5.75 Å². The minimum atomic E-state index is 0. The fourth-order valence-electron chi connectivity index (χ4n) is 2.18. The topological polar surface area (TPSA) is 44.4 Å². The molecule has 1 aromatic rings. The summed E-state index contributed by atoms with van der Waals surface area (Å²) in [6.07, 6.45) is 0. The molecule has 0 spiro atoms. The van der Waals surface area contributed by atoms with Crippen molar-refractivity contribution in [2.75, 3.05) is 45.0 Å². The number of rotatable bonds is 7. The van der Waals surface area contributed by atoms with E-state index in [9.17, 15) is 4.79 Å². The van der Waals surface area contributed by atoms with Gasteiger partial charge in [-0.25, -0.2) is 0 Å². The van der Waals surface area contributed by atoms with Gasteiger partial charge < -0.3 is 10.6 Å². The first-order valence-corrected chi connectivity index (χ1v) is 8.79. The summed E-state index contributed by atoms with van der Waals surface area (Å²) in [4.78, 5) is 14.1. The Labute approximate surface area is 147 Å². The summed E-state index contributed by atoms with van der Waals surface area (Å²) in [5.74, 6) is 1.45. The number of nitrogens with zero attached hydrogens (tertiary/aromatic N) is 1. The third-order valence-electron chi connectivity index (χ3n) is 3.37. The van der Waals surface area contributed by atoms with Crippen LogP contribution in [-0.2, 0) is 10.5 Å². The summed E-state index contributed by atoms with van der Waals surface area (Å²) in [6, 6.07) is 7.76. The van der Waals surface area contributed by atoms with E-state index in [1.807, 2.05) is 24.3 Å². The average Bonchev–Trinajstić information content (AvgIpc) is 2.50. The zero-order chi connectivity index (χ0) is 14.9. The third-order valence-corrected chi connectivity index (χ3v) is 4.63.